The predicted octanol–water partition coefficient (Wildman–Crippen LogP) is 4.87. The van der Waals surface area contributed by atoms with Gasteiger partial charge in [-0.25, -0.2) is 9.48 Å². The summed E-state index contributed by atoms with van der Waals surface area (Å²) in [6.07, 6.45) is 1.19. The second-order valence-corrected chi connectivity index (χ2v) is 8.71. The fourth-order valence-corrected chi connectivity index (χ4v) is 4.28. The van der Waals surface area contributed by atoms with Crippen LogP contribution in [0.2, 0.25) is 0 Å². The van der Waals surface area contributed by atoms with Crippen molar-refractivity contribution >= 4 is 27.8 Å². The Hall–Kier alpha value is -3.33. The van der Waals surface area contributed by atoms with Crippen LogP contribution in [0, 0.1) is 0 Å². The lowest BCUT2D eigenvalue weighted by molar-refractivity contribution is -0.143. The molecule has 2 aromatic carbocycles. The molecule has 0 aliphatic carbocycles. The summed E-state index contributed by atoms with van der Waals surface area (Å²) in [4.78, 5) is 17.3. The fraction of sp³-hybridized carbons (Fsp3) is 0.292. The summed E-state index contributed by atoms with van der Waals surface area (Å²) >= 11 is 3.62. The summed E-state index contributed by atoms with van der Waals surface area (Å²) in [7, 11) is 1.58. The summed E-state index contributed by atoms with van der Waals surface area (Å²) in [5.41, 5.74) is 2.92. The van der Waals surface area contributed by atoms with Crippen molar-refractivity contribution < 1.29 is 19.0 Å². The molecule has 0 bridgehead atoms. The van der Waals surface area contributed by atoms with Gasteiger partial charge in [0.25, 0.3) is 0 Å². The standard InChI is InChI=1S/C24H25BrN4O4/c1-14(2)33-23(30)20-15(3)28-24-26-13-27-29(24)21(20)17-10-18(25)22(19(11-17)31-4)32-12-16-8-6-5-7-9-16/h5-11,13-14,21H,12H2,1-4H3,(H,26,27,28). The Morgan fingerprint density at radius 3 is 2.70 bits per heavy atom. The highest BCUT2D eigenvalue weighted by Crippen LogP contribution is 2.43. The van der Waals surface area contributed by atoms with E-state index < -0.39 is 12.0 Å². The molecule has 0 radical (unpaired) electrons. The molecule has 8 nitrogen and oxygen atoms in total. The maximum atomic E-state index is 13.1. The monoisotopic (exact) mass is 512 g/mol. The number of benzene rings is 2. The topological polar surface area (TPSA) is 87.5 Å². The van der Waals surface area contributed by atoms with E-state index in [1.807, 2.05) is 63.2 Å². The van der Waals surface area contributed by atoms with Crippen molar-refractivity contribution in [1.29, 1.82) is 0 Å². The molecule has 1 aromatic heterocycles. The molecule has 1 atom stereocenters. The van der Waals surface area contributed by atoms with E-state index in [1.54, 1.807) is 11.8 Å². The van der Waals surface area contributed by atoms with E-state index in [1.165, 1.54) is 6.33 Å². The highest BCUT2D eigenvalue weighted by atomic mass is 79.9. The Balaban J connectivity index is 1.74. The molecule has 9 heteroatoms. The molecular weight excluding hydrogens is 488 g/mol. The molecule has 33 heavy (non-hydrogen) atoms. The van der Waals surface area contributed by atoms with Crippen LogP contribution in [0.25, 0.3) is 0 Å². The number of nitrogens with zero attached hydrogens (tertiary/aromatic N) is 3. The van der Waals surface area contributed by atoms with Crippen molar-refractivity contribution in [3.8, 4) is 11.5 Å². The van der Waals surface area contributed by atoms with Gasteiger partial charge in [-0.15, -0.1) is 0 Å². The lowest BCUT2D eigenvalue weighted by atomic mass is 9.95. The van der Waals surface area contributed by atoms with Crippen LogP contribution in [0.1, 0.15) is 37.9 Å². The van der Waals surface area contributed by atoms with Crippen molar-refractivity contribution in [2.24, 2.45) is 0 Å². The summed E-state index contributed by atoms with van der Waals surface area (Å²) in [6, 6.07) is 13.1. The van der Waals surface area contributed by atoms with Gasteiger partial charge in [-0.1, -0.05) is 30.3 Å². The number of fused-ring (bicyclic) bond motifs is 1. The largest absolute Gasteiger partial charge is 0.493 e. The molecule has 0 saturated heterocycles. The molecular formula is C24H25BrN4O4. The zero-order valence-electron chi connectivity index (χ0n) is 18.8. The second-order valence-electron chi connectivity index (χ2n) is 7.86. The number of hydrogen-bond donors (Lipinski definition) is 1. The van der Waals surface area contributed by atoms with Gasteiger partial charge in [0.15, 0.2) is 11.5 Å². The van der Waals surface area contributed by atoms with Crippen LogP contribution in [-0.4, -0.2) is 33.9 Å². The van der Waals surface area contributed by atoms with Gasteiger partial charge in [-0.2, -0.15) is 10.1 Å². The fourth-order valence-electron chi connectivity index (χ4n) is 3.71. The molecule has 1 unspecified atom stereocenters. The van der Waals surface area contributed by atoms with Crippen molar-refractivity contribution in [2.45, 2.75) is 39.5 Å². The van der Waals surface area contributed by atoms with Crippen molar-refractivity contribution in [2.75, 3.05) is 12.4 Å². The van der Waals surface area contributed by atoms with Gasteiger partial charge in [0.1, 0.15) is 19.0 Å². The maximum Gasteiger partial charge on any atom is 0.338 e. The molecule has 0 amide bonds. The number of nitrogens with one attached hydrogen (secondary N) is 1. The van der Waals surface area contributed by atoms with Crippen LogP contribution in [0.5, 0.6) is 11.5 Å². The first kappa shape index (κ1) is 22.8. The number of hydrogen-bond acceptors (Lipinski definition) is 7. The van der Waals surface area contributed by atoms with Crippen LogP contribution in [-0.2, 0) is 16.1 Å². The van der Waals surface area contributed by atoms with Crippen molar-refractivity contribution in [3.63, 3.8) is 0 Å². The Bertz CT molecular complexity index is 1190. The maximum absolute atomic E-state index is 13.1. The molecule has 172 valence electrons. The van der Waals surface area contributed by atoms with Crippen LogP contribution >= 0.6 is 15.9 Å². The summed E-state index contributed by atoms with van der Waals surface area (Å²) in [5, 5.41) is 7.50. The smallest absolute Gasteiger partial charge is 0.338 e. The lowest BCUT2D eigenvalue weighted by Crippen LogP contribution is -2.30. The number of allylic oxidation sites excluding steroid dienone is 1. The average Bonchev–Trinajstić information content (AvgIpc) is 3.25. The van der Waals surface area contributed by atoms with E-state index in [0.717, 1.165) is 11.1 Å². The Morgan fingerprint density at radius 2 is 2.00 bits per heavy atom. The van der Waals surface area contributed by atoms with Crippen molar-refractivity contribution in [1.82, 2.24) is 14.8 Å². The van der Waals surface area contributed by atoms with Crippen LogP contribution < -0.4 is 14.8 Å². The van der Waals surface area contributed by atoms with Gasteiger partial charge < -0.3 is 19.5 Å². The number of carbonyl (C=O) groups is 1. The van der Waals surface area contributed by atoms with E-state index in [2.05, 4.69) is 31.3 Å². The first-order valence-electron chi connectivity index (χ1n) is 10.5. The number of methoxy groups -OCH3 is 1. The third kappa shape index (κ3) is 4.73. The van der Waals surface area contributed by atoms with E-state index >= 15 is 0 Å². The molecule has 0 saturated carbocycles. The summed E-state index contributed by atoms with van der Waals surface area (Å²) < 4.78 is 19.6. The Kier molecular flexibility index (Phi) is 6.69. The molecule has 2 heterocycles. The van der Waals surface area contributed by atoms with Gasteiger partial charge in [-0.3, -0.25) is 0 Å². The number of ether oxygens (including phenoxy) is 3. The minimum Gasteiger partial charge on any atom is -0.493 e. The number of anilines is 1. The first-order valence-corrected chi connectivity index (χ1v) is 11.3. The van der Waals surface area contributed by atoms with Gasteiger partial charge >= 0.3 is 5.97 Å². The van der Waals surface area contributed by atoms with Gasteiger partial charge in [0.05, 0.1) is 23.3 Å². The zero-order valence-corrected chi connectivity index (χ0v) is 20.4. The SMILES string of the molecule is COc1cc(C2C(C(=O)OC(C)C)=C(C)Nc3ncnn32)cc(Br)c1OCc1ccccc1. The van der Waals surface area contributed by atoms with E-state index in [0.29, 0.717) is 39.8 Å². The number of carbonyl (C=O) groups excluding carboxylic acids is 1. The van der Waals surface area contributed by atoms with Gasteiger partial charge in [0.2, 0.25) is 5.95 Å². The minimum atomic E-state index is -0.552. The van der Waals surface area contributed by atoms with E-state index in [9.17, 15) is 4.79 Å². The van der Waals surface area contributed by atoms with E-state index in [4.69, 9.17) is 14.2 Å². The van der Waals surface area contributed by atoms with Crippen LogP contribution in [0.15, 0.2) is 64.5 Å². The minimum absolute atomic E-state index is 0.259. The molecule has 1 N–H and O–H groups in total. The molecule has 1 aliphatic heterocycles. The summed E-state index contributed by atoms with van der Waals surface area (Å²) in [5.74, 6) is 1.23. The van der Waals surface area contributed by atoms with Crippen LogP contribution in [0.4, 0.5) is 5.95 Å². The summed E-state index contributed by atoms with van der Waals surface area (Å²) in [6.45, 7) is 5.85. The highest BCUT2D eigenvalue weighted by molar-refractivity contribution is 9.10. The predicted molar refractivity (Wildman–Crippen MR) is 127 cm³/mol. The van der Waals surface area contributed by atoms with Crippen molar-refractivity contribution in [3.05, 3.63) is 75.7 Å². The first-order chi connectivity index (χ1) is 15.9. The van der Waals surface area contributed by atoms with Crippen LogP contribution in [0.3, 0.4) is 0 Å². The third-order valence-corrected chi connectivity index (χ3v) is 5.74. The molecule has 4 rings (SSSR count). The highest BCUT2D eigenvalue weighted by Gasteiger charge is 2.35. The molecule has 0 fully saturated rings. The second kappa shape index (κ2) is 9.66. The van der Waals surface area contributed by atoms with Gasteiger partial charge in [0, 0.05) is 5.70 Å². The number of halogens is 1. The van der Waals surface area contributed by atoms with Gasteiger partial charge in [-0.05, 0) is 60.0 Å². The number of esters is 1. The quantitative estimate of drug-likeness (QED) is 0.451. The normalized spacial score (nSPS) is 15.2. The third-order valence-electron chi connectivity index (χ3n) is 5.15. The van der Waals surface area contributed by atoms with E-state index in [-0.39, 0.29) is 6.10 Å². The Morgan fingerprint density at radius 1 is 1.24 bits per heavy atom. The number of rotatable bonds is 7. The zero-order chi connectivity index (χ0) is 23.5. The molecule has 0 spiro atoms. The Labute approximate surface area is 200 Å². The lowest BCUT2D eigenvalue weighted by Gasteiger charge is -2.29. The average molecular weight is 513 g/mol. The number of aromatic nitrogens is 3. The molecule has 1 aliphatic rings. The molecule has 3 aromatic rings.